The lowest BCUT2D eigenvalue weighted by molar-refractivity contribution is -0.153. The maximum Gasteiger partial charge on any atom is 0.326 e. The Balaban J connectivity index is 2.86. The molecular weight excluding hydrogens is 288 g/mol. The van der Waals surface area contributed by atoms with Gasteiger partial charge in [-0.15, -0.1) is 0 Å². The van der Waals surface area contributed by atoms with Gasteiger partial charge in [-0.1, -0.05) is 30.3 Å². The number of amides is 2. The molecule has 2 atom stereocenters. The first kappa shape index (κ1) is 17.6. The number of nitrogens with zero attached hydrogens (tertiary/aromatic N) is 1. The molecule has 0 spiro atoms. The van der Waals surface area contributed by atoms with Crippen molar-refractivity contribution in [1.82, 2.24) is 10.2 Å². The Morgan fingerprint density at radius 2 is 1.82 bits per heavy atom. The standard InChI is InChI=1S/C15H20N2O5/c1-10(15(21)22)17(9-8-16-11(2)18)14(20)13(19)12-6-4-3-5-7-12/h3-7,10,13,19H,8-9H2,1-2H3,(H,16,18)(H,21,22)/t10?,13-/m0/s1. The number of hydrogen-bond donors (Lipinski definition) is 3. The smallest absolute Gasteiger partial charge is 0.326 e. The van der Waals surface area contributed by atoms with Gasteiger partial charge in [0.2, 0.25) is 5.91 Å². The van der Waals surface area contributed by atoms with Crippen LogP contribution in [0.3, 0.4) is 0 Å². The number of nitrogens with one attached hydrogen (secondary N) is 1. The third kappa shape index (κ3) is 4.85. The average Bonchev–Trinajstić information content (AvgIpc) is 2.50. The van der Waals surface area contributed by atoms with Crippen molar-refractivity contribution < 1.29 is 24.6 Å². The number of benzene rings is 1. The number of hydrogen-bond acceptors (Lipinski definition) is 4. The molecular formula is C15H20N2O5. The number of aliphatic carboxylic acids is 1. The highest BCUT2D eigenvalue weighted by atomic mass is 16.4. The Kier molecular flexibility index (Phi) is 6.52. The molecule has 120 valence electrons. The van der Waals surface area contributed by atoms with Gasteiger partial charge in [-0.05, 0) is 12.5 Å². The molecule has 1 aromatic rings. The number of rotatable bonds is 7. The van der Waals surface area contributed by atoms with Gasteiger partial charge in [0.05, 0.1) is 0 Å². The first-order valence-electron chi connectivity index (χ1n) is 6.85. The van der Waals surface area contributed by atoms with E-state index in [-0.39, 0.29) is 19.0 Å². The number of carbonyl (C=O) groups excluding carboxylic acids is 2. The quantitative estimate of drug-likeness (QED) is 0.665. The van der Waals surface area contributed by atoms with Gasteiger partial charge in [-0.3, -0.25) is 9.59 Å². The fourth-order valence-electron chi connectivity index (χ4n) is 1.92. The van der Waals surface area contributed by atoms with Gasteiger partial charge in [0.15, 0.2) is 6.10 Å². The van der Waals surface area contributed by atoms with Crippen LogP contribution >= 0.6 is 0 Å². The molecule has 0 aliphatic carbocycles. The zero-order valence-corrected chi connectivity index (χ0v) is 12.5. The van der Waals surface area contributed by atoms with E-state index >= 15 is 0 Å². The summed E-state index contributed by atoms with van der Waals surface area (Å²) in [7, 11) is 0. The fourth-order valence-corrected chi connectivity index (χ4v) is 1.92. The van der Waals surface area contributed by atoms with Crippen LogP contribution in [0.5, 0.6) is 0 Å². The summed E-state index contributed by atoms with van der Waals surface area (Å²) in [4.78, 5) is 35.4. The molecule has 7 heteroatoms. The molecule has 0 saturated carbocycles. The summed E-state index contributed by atoms with van der Waals surface area (Å²) in [6.45, 7) is 2.79. The number of carboxylic acids is 1. The van der Waals surface area contributed by atoms with Gasteiger partial charge >= 0.3 is 5.97 Å². The molecule has 7 nitrogen and oxygen atoms in total. The molecule has 22 heavy (non-hydrogen) atoms. The second kappa shape index (κ2) is 8.14. The van der Waals surface area contributed by atoms with Gasteiger partial charge in [-0.2, -0.15) is 0 Å². The van der Waals surface area contributed by atoms with E-state index < -0.39 is 24.0 Å². The zero-order valence-electron chi connectivity index (χ0n) is 12.5. The van der Waals surface area contributed by atoms with Crippen LogP contribution in [-0.2, 0) is 14.4 Å². The molecule has 1 unspecified atom stereocenters. The molecule has 0 aliphatic heterocycles. The summed E-state index contributed by atoms with van der Waals surface area (Å²) in [6, 6.07) is 7.15. The van der Waals surface area contributed by atoms with Crippen LogP contribution in [0.1, 0.15) is 25.5 Å². The monoisotopic (exact) mass is 308 g/mol. The minimum Gasteiger partial charge on any atom is -0.480 e. The van der Waals surface area contributed by atoms with Crippen molar-refractivity contribution in [2.24, 2.45) is 0 Å². The molecule has 0 fully saturated rings. The molecule has 0 aliphatic rings. The van der Waals surface area contributed by atoms with Gasteiger partial charge in [0.1, 0.15) is 6.04 Å². The van der Waals surface area contributed by atoms with Crippen LogP contribution in [0.2, 0.25) is 0 Å². The highest BCUT2D eigenvalue weighted by Crippen LogP contribution is 2.16. The largest absolute Gasteiger partial charge is 0.480 e. The van der Waals surface area contributed by atoms with Crippen molar-refractivity contribution >= 4 is 17.8 Å². The van der Waals surface area contributed by atoms with Crippen molar-refractivity contribution in [3.8, 4) is 0 Å². The van der Waals surface area contributed by atoms with E-state index in [9.17, 15) is 19.5 Å². The molecule has 0 saturated heterocycles. The van der Waals surface area contributed by atoms with Gasteiger partial charge in [0.25, 0.3) is 5.91 Å². The van der Waals surface area contributed by atoms with E-state index in [2.05, 4.69) is 5.32 Å². The van der Waals surface area contributed by atoms with Crippen molar-refractivity contribution in [2.75, 3.05) is 13.1 Å². The minimum atomic E-state index is -1.44. The molecule has 0 heterocycles. The summed E-state index contributed by atoms with van der Waals surface area (Å²) < 4.78 is 0. The highest BCUT2D eigenvalue weighted by molar-refractivity contribution is 5.87. The van der Waals surface area contributed by atoms with Crippen LogP contribution in [-0.4, -0.2) is 52.0 Å². The molecule has 0 radical (unpaired) electrons. The topological polar surface area (TPSA) is 107 Å². The highest BCUT2D eigenvalue weighted by Gasteiger charge is 2.30. The molecule has 1 aromatic carbocycles. The SMILES string of the molecule is CC(=O)NCCN(C(=O)[C@@H](O)c1ccccc1)C(C)C(=O)O. The maximum atomic E-state index is 12.4. The van der Waals surface area contributed by atoms with E-state index in [0.29, 0.717) is 5.56 Å². The molecule has 0 aromatic heterocycles. The number of aliphatic hydroxyl groups excluding tert-OH is 1. The number of aliphatic hydroxyl groups is 1. The van der Waals surface area contributed by atoms with Gasteiger partial charge < -0.3 is 20.4 Å². The van der Waals surface area contributed by atoms with Crippen molar-refractivity contribution in [1.29, 1.82) is 0 Å². The molecule has 2 amide bonds. The predicted octanol–water partition coefficient (Wildman–Crippen LogP) is 0.158. The number of carbonyl (C=O) groups is 3. The van der Waals surface area contributed by atoms with Crippen LogP contribution < -0.4 is 5.32 Å². The number of carboxylic acid groups (broad SMARTS) is 1. The molecule has 3 N–H and O–H groups in total. The van der Waals surface area contributed by atoms with E-state index in [1.165, 1.54) is 13.8 Å². The zero-order chi connectivity index (χ0) is 16.7. The lowest BCUT2D eigenvalue weighted by Gasteiger charge is -2.28. The predicted molar refractivity (Wildman–Crippen MR) is 78.9 cm³/mol. The van der Waals surface area contributed by atoms with E-state index in [0.717, 1.165) is 4.90 Å². The summed E-state index contributed by atoms with van der Waals surface area (Å²) in [5.74, 6) is -2.18. The van der Waals surface area contributed by atoms with E-state index in [1.54, 1.807) is 30.3 Å². The van der Waals surface area contributed by atoms with E-state index in [4.69, 9.17) is 5.11 Å². The van der Waals surface area contributed by atoms with Crippen LogP contribution in [0, 0.1) is 0 Å². The maximum absolute atomic E-state index is 12.4. The second-order valence-corrected chi connectivity index (χ2v) is 4.84. The lowest BCUT2D eigenvalue weighted by atomic mass is 10.1. The van der Waals surface area contributed by atoms with Crippen LogP contribution in [0.25, 0.3) is 0 Å². The Labute approximate surface area is 128 Å². The first-order valence-corrected chi connectivity index (χ1v) is 6.85. The first-order chi connectivity index (χ1) is 10.3. The minimum absolute atomic E-state index is 0.00419. The van der Waals surface area contributed by atoms with Crippen molar-refractivity contribution in [3.63, 3.8) is 0 Å². The summed E-state index contributed by atoms with van der Waals surface area (Å²) in [5, 5.41) is 21.7. The Morgan fingerprint density at radius 3 is 2.32 bits per heavy atom. The Hall–Kier alpha value is -2.41. The lowest BCUT2D eigenvalue weighted by Crippen LogP contribution is -2.48. The summed E-state index contributed by atoms with van der Waals surface area (Å²) in [6.07, 6.45) is -1.44. The van der Waals surface area contributed by atoms with Crippen LogP contribution in [0.15, 0.2) is 30.3 Å². The normalized spacial score (nSPS) is 13.0. The van der Waals surface area contributed by atoms with E-state index in [1.807, 2.05) is 0 Å². The van der Waals surface area contributed by atoms with Gasteiger partial charge in [-0.25, -0.2) is 4.79 Å². The van der Waals surface area contributed by atoms with Crippen molar-refractivity contribution in [2.45, 2.75) is 26.0 Å². The average molecular weight is 308 g/mol. The fraction of sp³-hybridized carbons (Fsp3) is 0.400. The van der Waals surface area contributed by atoms with Crippen molar-refractivity contribution in [3.05, 3.63) is 35.9 Å². The second-order valence-electron chi connectivity index (χ2n) is 4.84. The van der Waals surface area contributed by atoms with Gasteiger partial charge in [0, 0.05) is 20.0 Å². The Morgan fingerprint density at radius 1 is 1.23 bits per heavy atom. The third-order valence-corrected chi connectivity index (χ3v) is 3.18. The Bertz CT molecular complexity index is 532. The summed E-state index contributed by atoms with van der Waals surface area (Å²) >= 11 is 0. The summed E-state index contributed by atoms with van der Waals surface area (Å²) in [5.41, 5.74) is 0.384. The third-order valence-electron chi connectivity index (χ3n) is 3.18. The molecule has 1 rings (SSSR count). The molecule has 0 bridgehead atoms. The van der Waals surface area contributed by atoms with Crippen LogP contribution in [0.4, 0.5) is 0 Å².